The summed E-state index contributed by atoms with van der Waals surface area (Å²) in [5.41, 5.74) is 0. The second-order valence-electron chi connectivity index (χ2n) is 6.61. The Bertz CT molecular complexity index is 691. The third-order valence-corrected chi connectivity index (χ3v) is 4.63. The molecule has 1 heterocycles. The molecule has 4 nitrogen and oxygen atoms in total. The standard InChI is InChI=1S/C21H25NO3/c1-16-8-6-9-17(2)22(16)21(23)15-24-19-12-7-13-20(14-19)25-18-10-4-3-5-11-18/h3-5,7,10-14,16-17H,6,8-9,15H2,1-2H3/t16-,17-/m1/s1. The summed E-state index contributed by atoms with van der Waals surface area (Å²) in [4.78, 5) is 14.5. The fourth-order valence-electron chi connectivity index (χ4n) is 3.38. The Balaban J connectivity index is 1.59. The quantitative estimate of drug-likeness (QED) is 0.796. The zero-order valence-electron chi connectivity index (χ0n) is 14.9. The lowest BCUT2D eigenvalue weighted by atomic mass is 9.97. The van der Waals surface area contributed by atoms with Gasteiger partial charge >= 0.3 is 0 Å². The van der Waals surface area contributed by atoms with Crippen LogP contribution in [0.5, 0.6) is 17.2 Å². The number of ether oxygens (including phenoxy) is 2. The molecule has 3 rings (SSSR count). The topological polar surface area (TPSA) is 38.8 Å². The number of hydrogen-bond donors (Lipinski definition) is 0. The molecule has 0 aromatic heterocycles. The molecule has 0 radical (unpaired) electrons. The molecule has 0 N–H and O–H groups in total. The molecule has 1 aliphatic rings. The Hall–Kier alpha value is -2.49. The highest BCUT2D eigenvalue weighted by molar-refractivity contribution is 5.78. The van der Waals surface area contributed by atoms with Crippen molar-refractivity contribution in [1.29, 1.82) is 0 Å². The lowest BCUT2D eigenvalue weighted by Crippen LogP contribution is -2.49. The number of nitrogens with zero attached hydrogens (tertiary/aromatic N) is 1. The first-order chi connectivity index (χ1) is 12.1. The third kappa shape index (κ3) is 4.53. The van der Waals surface area contributed by atoms with Crippen LogP contribution in [-0.4, -0.2) is 29.5 Å². The summed E-state index contributed by atoms with van der Waals surface area (Å²) in [6, 6.07) is 17.6. The van der Waals surface area contributed by atoms with Crippen LogP contribution in [0.3, 0.4) is 0 Å². The van der Waals surface area contributed by atoms with Gasteiger partial charge in [-0.2, -0.15) is 0 Å². The first-order valence-electron chi connectivity index (χ1n) is 8.90. The maximum atomic E-state index is 12.5. The van der Waals surface area contributed by atoms with E-state index in [2.05, 4.69) is 13.8 Å². The summed E-state index contributed by atoms with van der Waals surface area (Å²) >= 11 is 0. The molecule has 0 aliphatic carbocycles. The van der Waals surface area contributed by atoms with E-state index in [0.29, 0.717) is 11.5 Å². The number of carbonyl (C=O) groups excluding carboxylic acids is 1. The largest absolute Gasteiger partial charge is 0.484 e. The fraction of sp³-hybridized carbons (Fsp3) is 0.381. The minimum atomic E-state index is 0.0501. The van der Waals surface area contributed by atoms with Gasteiger partial charge in [-0.3, -0.25) is 4.79 Å². The minimum Gasteiger partial charge on any atom is -0.484 e. The molecular formula is C21H25NO3. The molecule has 1 saturated heterocycles. The first kappa shape index (κ1) is 17.3. The van der Waals surface area contributed by atoms with Gasteiger partial charge in [0, 0.05) is 18.2 Å². The summed E-state index contributed by atoms with van der Waals surface area (Å²) in [6.45, 7) is 4.28. The van der Waals surface area contributed by atoms with Crippen LogP contribution in [0, 0.1) is 0 Å². The van der Waals surface area contributed by atoms with Crippen LogP contribution >= 0.6 is 0 Å². The number of likely N-dealkylation sites (tertiary alicyclic amines) is 1. The highest BCUT2D eigenvalue weighted by Gasteiger charge is 2.28. The number of carbonyl (C=O) groups is 1. The minimum absolute atomic E-state index is 0.0501. The Morgan fingerprint density at radius 2 is 1.60 bits per heavy atom. The van der Waals surface area contributed by atoms with Gasteiger partial charge in [-0.05, 0) is 57.4 Å². The lowest BCUT2D eigenvalue weighted by Gasteiger charge is -2.38. The van der Waals surface area contributed by atoms with Crippen molar-refractivity contribution in [1.82, 2.24) is 4.90 Å². The van der Waals surface area contributed by atoms with Crippen LogP contribution in [0.2, 0.25) is 0 Å². The average Bonchev–Trinajstić information content (AvgIpc) is 2.61. The SMILES string of the molecule is C[C@@H]1CCC[C@@H](C)N1C(=O)COc1cccc(Oc2ccccc2)c1. The average molecular weight is 339 g/mol. The summed E-state index contributed by atoms with van der Waals surface area (Å²) < 4.78 is 11.5. The van der Waals surface area contributed by atoms with Gasteiger partial charge in [-0.25, -0.2) is 0 Å². The number of para-hydroxylation sites is 1. The van der Waals surface area contributed by atoms with E-state index in [1.807, 2.05) is 59.5 Å². The van der Waals surface area contributed by atoms with E-state index in [4.69, 9.17) is 9.47 Å². The van der Waals surface area contributed by atoms with Crippen molar-refractivity contribution in [3.05, 3.63) is 54.6 Å². The molecular weight excluding hydrogens is 314 g/mol. The van der Waals surface area contributed by atoms with Crippen LogP contribution in [0.25, 0.3) is 0 Å². The van der Waals surface area contributed by atoms with Crippen LogP contribution in [0.4, 0.5) is 0 Å². The van der Waals surface area contributed by atoms with Gasteiger partial charge in [-0.15, -0.1) is 0 Å². The summed E-state index contributed by atoms with van der Waals surface area (Å²) in [7, 11) is 0. The van der Waals surface area contributed by atoms with Crippen LogP contribution < -0.4 is 9.47 Å². The van der Waals surface area contributed by atoms with Crippen molar-refractivity contribution in [2.24, 2.45) is 0 Å². The van der Waals surface area contributed by atoms with Crippen molar-refractivity contribution in [3.63, 3.8) is 0 Å². The van der Waals surface area contributed by atoms with Crippen molar-refractivity contribution in [2.45, 2.75) is 45.2 Å². The Morgan fingerprint density at radius 3 is 2.32 bits per heavy atom. The molecule has 25 heavy (non-hydrogen) atoms. The number of amides is 1. The van der Waals surface area contributed by atoms with E-state index < -0.39 is 0 Å². The summed E-state index contributed by atoms with van der Waals surface area (Å²) in [5.74, 6) is 2.15. The highest BCUT2D eigenvalue weighted by atomic mass is 16.5. The van der Waals surface area contributed by atoms with Gasteiger partial charge in [0.15, 0.2) is 6.61 Å². The van der Waals surface area contributed by atoms with Gasteiger partial charge in [0.25, 0.3) is 5.91 Å². The van der Waals surface area contributed by atoms with Crippen molar-refractivity contribution < 1.29 is 14.3 Å². The van der Waals surface area contributed by atoms with Crippen molar-refractivity contribution >= 4 is 5.91 Å². The van der Waals surface area contributed by atoms with E-state index in [0.717, 1.165) is 18.6 Å². The molecule has 132 valence electrons. The molecule has 1 fully saturated rings. The second kappa shape index (κ2) is 8.06. The smallest absolute Gasteiger partial charge is 0.260 e. The normalized spacial score (nSPS) is 20.2. The molecule has 1 amide bonds. The fourth-order valence-corrected chi connectivity index (χ4v) is 3.38. The summed E-state index contributed by atoms with van der Waals surface area (Å²) in [5, 5.41) is 0. The molecule has 0 spiro atoms. The van der Waals surface area contributed by atoms with Crippen LogP contribution in [0.15, 0.2) is 54.6 Å². The molecule has 2 atom stereocenters. The second-order valence-corrected chi connectivity index (χ2v) is 6.61. The van der Waals surface area contributed by atoms with Crippen LogP contribution in [-0.2, 0) is 4.79 Å². The van der Waals surface area contributed by atoms with Gasteiger partial charge in [0.05, 0.1) is 0 Å². The predicted octanol–water partition coefficient (Wildman–Crippen LogP) is 4.65. The van der Waals surface area contributed by atoms with Gasteiger partial charge in [0.2, 0.25) is 0 Å². The molecule has 1 aliphatic heterocycles. The Kier molecular flexibility index (Phi) is 5.59. The molecule has 2 aromatic rings. The zero-order chi connectivity index (χ0) is 17.6. The first-order valence-corrected chi connectivity index (χ1v) is 8.90. The number of piperidine rings is 1. The van der Waals surface area contributed by atoms with E-state index in [-0.39, 0.29) is 24.6 Å². The molecule has 0 saturated carbocycles. The lowest BCUT2D eigenvalue weighted by molar-refractivity contribution is -0.139. The van der Waals surface area contributed by atoms with Crippen LogP contribution in [0.1, 0.15) is 33.1 Å². The van der Waals surface area contributed by atoms with E-state index in [1.165, 1.54) is 6.42 Å². The number of rotatable bonds is 5. The van der Waals surface area contributed by atoms with Gasteiger partial charge in [-0.1, -0.05) is 24.3 Å². The third-order valence-electron chi connectivity index (χ3n) is 4.63. The van der Waals surface area contributed by atoms with Gasteiger partial charge < -0.3 is 14.4 Å². The molecule has 0 unspecified atom stereocenters. The Labute approximate surface area is 149 Å². The summed E-state index contributed by atoms with van der Waals surface area (Å²) in [6.07, 6.45) is 3.32. The number of benzene rings is 2. The van der Waals surface area contributed by atoms with Gasteiger partial charge in [0.1, 0.15) is 17.2 Å². The molecule has 0 bridgehead atoms. The van der Waals surface area contributed by atoms with E-state index in [1.54, 1.807) is 0 Å². The van der Waals surface area contributed by atoms with E-state index >= 15 is 0 Å². The van der Waals surface area contributed by atoms with Crippen molar-refractivity contribution in [3.8, 4) is 17.2 Å². The molecule has 2 aromatic carbocycles. The predicted molar refractivity (Wildman–Crippen MR) is 98.1 cm³/mol. The Morgan fingerprint density at radius 1 is 0.960 bits per heavy atom. The maximum absolute atomic E-state index is 12.5. The molecule has 4 heteroatoms. The highest BCUT2D eigenvalue weighted by Crippen LogP contribution is 2.26. The zero-order valence-corrected chi connectivity index (χ0v) is 14.9. The number of hydrogen-bond acceptors (Lipinski definition) is 3. The van der Waals surface area contributed by atoms with Crippen molar-refractivity contribution in [2.75, 3.05) is 6.61 Å². The monoisotopic (exact) mass is 339 g/mol. The van der Waals surface area contributed by atoms with E-state index in [9.17, 15) is 4.79 Å². The maximum Gasteiger partial charge on any atom is 0.260 e.